The standard InChI is InChI=1S/C24H18N2O5S2/c1-15-7-10-17(11-8-15)33(28,29)31-21-13-16(9-12-20(21)30-2)14-22-23(27)26-19-6-4-3-5-18(19)25-24(26)32-22/h3-14H,1-2H3/b22-14+. The van der Waals surface area contributed by atoms with Crippen molar-refractivity contribution in [2.75, 3.05) is 7.11 Å². The first-order chi connectivity index (χ1) is 15.9. The number of rotatable bonds is 5. The molecule has 33 heavy (non-hydrogen) atoms. The van der Waals surface area contributed by atoms with Gasteiger partial charge in [-0.3, -0.25) is 4.79 Å². The molecule has 0 atom stereocenters. The Bertz CT molecular complexity index is 1720. The number of aryl methyl sites for hydroxylation is 1. The third-order valence-corrected chi connectivity index (χ3v) is 7.36. The molecule has 0 saturated carbocycles. The van der Waals surface area contributed by atoms with Gasteiger partial charge in [0.15, 0.2) is 16.5 Å². The van der Waals surface area contributed by atoms with Crippen molar-refractivity contribution in [3.05, 3.63) is 92.7 Å². The Hall–Kier alpha value is -3.69. The zero-order chi connectivity index (χ0) is 23.2. The number of benzene rings is 3. The topological polar surface area (TPSA) is 87.0 Å². The van der Waals surface area contributed by atoms with Gasteiger partial charge in [-0.2, -0.15) is 8.42 Å². The Morgan fingerprint density at radius 2 is 1.76 bits per heavy atom. The summed E-state index contributed by atoms with van der Waals surface area (Å²) in [6.07, 6.45) is 1.68. The normalized spacial score (nSPS) is 12.5. The maximum atomic E-state index is 13.0. The van der Waals surface area contributed by atoms with E-state index in [0.29, 0.717) is 15.1 Å². The maximum Gasteiger partial charge on any atom is 0.339 e. The van der Waals surface area contributed by atoms with Crippen LogP contribution in [0.1, 0.15) is 11.1 Å². The minimum absolute atomic E-state index is 0.0334. The largest absolute Gasteiger partial charge is 0.493 e. The van der Waals surface area contributed by atoms with E-state index in [9.17, 15) is 13.2 Å². The summed E-state index contributed by atoms with van der Waals surface area (Å²) in [5.74, 6) is 0.295. The van der Waals surface area contributed by atoms with Crippen molar-refractivity contribution < 1.29 is 17.3 Å². The summed E-state index contributed by atoms with van der Waals surface area (Å²) >= 11 is 1.27. The molecule has 0 spiro atoms. The lowest BCUT2D eigenvalue weighted by Crippen LogP contribution is -2.22. The van der Waals surface area contributed by atoms with Crippen LogP contribution in [0.3, 0.4) is 0 Å². The summed E-state index contributed by atoms with van der Waals surface area (Å²) in [7, 11) is -2.63. The van der Waals surface area contributed by atoms with Crippen molar-refractivity contribution in [2.45, 2.75) is 11.8 Å². The van der Waals surface area contributed by atoms with E-state index in [1.165, 1.54) is 36.6 Å². The molecular weight excluding hydrogens is 460 g/mol. The number of para-hydroxylation sites is 2. The second-order valence-electron chi connectivity index (χ2n) is 7.40. The quantitative estimate of drug-likeness (QED) is 0.359. The molecule has 0 aliphatic heterocycles. The molecule has 3 aromatic carbocycles. The molecule has 5 aromatic rings. The first-order valence-corrected chi connectivity index (χ1v) is 12.2. The number of hydrogen-bond donors (Lipinski definition) is 0. The minimum Gasteiger partial charge on any atom is -0.493 e. The third kappa shape index (κ3) is 3.85. The molecule has 0 unspecified atom stereocenters. The van der Waals surface area contributed by atoms with Gasteiger partial charge >= 0.3 is 10.1 Å². The second kappa shape index (κ2) is 8.02. The Kier molecular flexibility index (Phi) is 5.15. The summed E-state index contributed by atoms with van der Waals surface area (Å²) in [5.41, 5.74) is 2.85. The number of aromatic nitrogens is 2. The molecule has 2 aromatic heterocycles. The smallest absolute Gasteiger partial charge is 0.339 e. The van der Waals surface area contributed by atoms with Gasteiger partial charge in [-0.1, -0.05) is 47.2 Å². The first kappa shape index (κ1) is 21.2. The van der Waals surface area contributed by atoms with E-state index in [2.05, 4.69) is 4.98 Å². The van der Waals surface area contributed by atoms with Gasteiger partial charge in [0.25, 0.3) is 5.56 Å². The predicted molar refractivity (Wildman–Crippen MR) is 128 cm³/mol. The first-order valence-electron chi connectivity index (χ1n) is 9.97. The zero-order valence-electron chi connectivity index (χ0n) is 17.7. The fourth-order valence-corrected chi connectivity index (χ4v) is 5.40. The molecule has 0 amide bonds. The van der Waals surface area contributed by atoms with Crippen LogP contribution >= 0.6 is 11.3 Å². The number of thiazole rings is 1. The van der Waals surface area contributed by atoms with E-state index in [-0.39, 0.29) is 22.0 Å². The SMILES string of the molecule is COc1ccc(/C=c2/sc3nc4ccccc4n3c2=O)cc1OS(=O)(=O)c1ccc(C)cc1. The highest BCUT2D eigenvalue weighted by Crippen LogP contribution is 2.31. The highest BCUT2D eigenvalue weighted by Gasteiger charge is 2.19. The molecule has 2 heterocycles. The summed E-state index contributed by atoms with van der Waals surface area (Å²) < 4.78 is 38.3. The number of methoxy groups -OCH3 is 1. The highest BCUT2D eigenvalue weighted by molar-refractivity contribution is 7.87. The lowest BCUT2D eigenvalue weighted by molar-refractivity contribution is 0.390. The molecule has 5 rings (SSSR count). The van der Waals surface area contributed by atoms with E-state index >= 15 is 0 Å². The average Bonchev–Trinajstić information content (AvgIpc) is 3.30. The summed E-state index contributed by atoms with van der Waals surface area (Å²) in [4.78, 5) is 18.2. The number of hydrogen-bond acceptors (Lipinski definition) is 7. The van der Waals surface area contributed by atoms with Gasteiger partial charge in [0.2, 0.25) is 0 Å². The summed E-state index contributed by atoms with van der Waals surface area (Å²) in [5, 5.41) is 0. The number of ether oxygens (including phenoxy) is 1. The molecule has 0 N–H and O–H groups in total. The zero-order valence-corrected chi connectivity index (χ0v) is 19.3. The van der Waals surface area contributed by atoms with Crippen LogP contribution in [0.25, 0.3) is 22.1 Å². The van der Waals surface area contributed by atoms with Crippen molar-refractivity contribution in [3.8, 4) is 11.5 Å². The molecule has 0 saturated heterocycles. The van der Waals surface area contributed by atoms with Gasteiger partial charge in [0, 0.05) is 0 Å². The predicted octanol–water partition coefficient (Wildman–Crippen LogP) is 3.54. The summed E-state index contributed by atoms with van der Waals surface area (Å²) in [6, 6.07) is 18.7. The van der Waals surface area contributed by atoms with Crippen LogP contribution in [-0.2, 0) is 10.1 Å². The van der Waals surface area contributed by atoms with Gasteiger partial charge < -0.3 is 8.92 Å². The van der Waals surface area contributed by atoms with E-state index in [1.807, 2.05) is 31.2 Å². The van der Waals surface area contributed by atoms with Crippen LogP contribution in [0, 0.1) is 6.92 Å². The van der Waals surface area contributed by atoms with Crippen LogP contribution < -0.4 is 19.0 Å². The van der Waals surface area contributed by atoms with E-state index in [0.717, 1.165) is 16.6 Å². The molecule has 0 aliphatic rings. The Morgan fingerprint density at radius 1 is 1.00 bits per heavy atom. The lowest BCUT2D eigenvalue weighted by Gasteiger charge is -2.11. The van der Waals surface area contributed by atoms with E-state index in [4.69, 9.17) is 8.92 Å². The number of imidazole rings is 1. The van der Waals surface area contributed by atoms with Gasteiger partial charge in [-0.15, -0.1) is 0 Å². The van der Waals surface area contributed by atoms with Crippen LogP contribution in [0.15, 0.2) is 76.4 Å². The fraction of sp³-hybridized carbons (Fsp3) is 0.0833. The Labute approximate surface area is 193 Å². The van der Waals surface area contributed by atoms with Crippen LogP contribution in [-0.4, -0.2) is 24.9 Å². The highest BCUT2D eigenvalue weighted by atomic mass is 32.2. The monoisotopic (exact) mass is 478 g/mol. The van der Waals surface area contributed by atoms with E-state index in [1.54, 1.807) is 34.7 Å². The Balaban J connectivity index is 1.57. The Morgan fingerprint density at radius 3 is 2.52 bits per heavy atom. The fourth-order valence-electron chi connectivity index (χ4n) is 3.48. The second-order valence-corrected chi connectivity index (χ2v) is 9.95. The van der Waals surface area contributed by atoms with Crippen molar-refractivity contribution in [3.63, 3.8) is 0 Å². The molecule has 7 nitrogen and oxygen atoms in total. The number of fused-ring (bicyclic) bond motifs is 3. The van der Waals surface area contributed by atoms with Crippen LogP contribution in [0.2, 0.25) is 0 Å². The molecule has 0 radical (unpaired) electrons. The van der Waals surface area contributed by atoms with Gasteiger partial charge in [0.05, 0.1) is 22.7 Å². The van der Waals surface area contributed by atoms with Gasteiger partial charge in [-0.05, 0) is 55.0 Å². The average molecular weight is 479 g/mol. The third-order valence-electron chi connectivity index (χ3n) is 5.14. The van der Waals surface area contributed by atoms with Crippen molar-refractivity contribution in [2.24, 2.45) is 0 Å². The lowest BCUT2D eigenvalue weighted by atomic mass is 10.2. The van der Waals surface area contributed by atoms with Crippen molar-refractivity contribution >= 4 is 43.5 Å². The molecule has 0 fully saturated rings. The van der Waals surface area contributed by atoms with Crippen molar-refractivity contribution in [1.29, 1.82) is 0 Å². The minimum atomic E-state index is -4.06. The van der Waals surface area contributed by atoms with Gasteiger partial charge in [-0.25, -0.2) is 9.38 Å². The summed E-state index contributed by atoms with van der Waals surface area (Å²) in [6.45, 7) is 1.87. The molecule has 0 aliphatic carbocycles. The van der Waals surface area contributed by atoms with Crippen LogP contribution in [0.5, 0.6) is 11.5 Å². The molecule has 166 valence electrons. The molecule has 0 bridgehead atoms. The number of nitrogens with zero attached hydrogens (tertiary/aromatic N) is 2. The van der Waals surface area contributed by atoms with Crippen molar-refractivity contribution in [1.82, 2.24) is 9.38 Å². The van der Waals surface area contributed by atoms with E-state index < -0.39 is 10.1 Å². The maximum absolute atomic E-state index is 13.0. The molecular formula is C24H18N2O5S2. The van der Waals surface area contributed by atoms with Crippen LogP contribution in [0.4, 0.5) is 0 Å². The van der Waals surface area contributed by atoms with Gasteiger partial charge in [0.1, 0.15) is 4.90 Å². The molecule has 9 heteroatoms.